The van der Waals surface area contributed by atoms with Gasteiger partial charge in [-0.1, -0.05) is 6.07 Å². The highest BCUT2D eigenvalue weighted by Crippen LogP contribution is 2.35. The molecule has 0 bridgehead atoms. The van der Waals surface area contributed by atoms with Crippen molar-refractivity contribution in [2.75, 3.05) is 18.1 Å². The second kappa shape index (κ2) is 10.6. The SMILES string of the molecule is O=C(O)Cn1ccc2cc(OCCCOc3cccc4c3CN(c3ccc(OC(F)(F)F)cc3)C4=O)ccc21. The molecule has 1 aliphatic rings. The number of hydrogen-bond acceptors (Lipinski definition) is 5. The minimum atomic E-state index is -4.79. The van der Waals surface area contributed by atoms with E-state index in [-0.39, 0.29) is 24.7 Å². The van der Waals surface area contributed by atoms with Gasteiger partial charge in [0.2, 0.25) is 0 Å². The Morgan fingerprint density at radius 3 is 2.44 bits per heavy atom. The molecule has 0 radical (unpaired) electrons. The zero-order valence-corrected chi connectivity index (χ0v) is 20.5. The number of alkyl halides is 3. The molecule has 1 N–H and O–H groups in total. The summed E-state index contributed by atoms with van der Waals surface area (Å²) in [6.45, 7) is 0.831. The van der Waals surface area contributed by atoms with Crippen molar-refractivity contribution in [2.45, 2.75) is 25.9 Å². The van der Waals surface area contributed by atoms with E-state index in [0.717, 1.165) is 10.9 Å². The number of fused-ring (bicyclic) bond motifs is 2. The number of rotatable bonds is 10. The number of aromatic nitrogens is 1. The smallest absolute Gasteiger partial charge is 0.493 e. The topological polar surface area (TPSA) is 90.2 Å². The van der Waals surface area contributed by atoms with Crippen LogP contribution in [0.15, 0.2) is 72.9 Å². The molecule has 5 rings (SSSR count). The van der Waals surface area contributed by atoms with Crippen LogP contribution in [0.5, 0.6) is 17.2 Å². The maximum atomic E-state index is 13.0. The summed E-state index contributed by atoms with van der Waals surface area (Å²) in [7, 11) is 0. The summed E-state index contributed by atoms with van der Waals surface area (Å²) < 4.78 is 54.6. The number of carbonyl (C=O) groups is 2. The average molecular weight is 540 g/mol. The lowest BCUT2D eigenvalue weighted by Gasteiger charge is -2.17. The van der Waals surface area contributed by atoms with Gasteiger partial charge in [-0.15, -0.1) is 13.2 Å². The molecule has 202 valence electrons. The van der Waals surface area contributed by atoms with Gasteiger partial charge in [0.25, 0.3) is 5.91 Å². The molecule has 0 saturated carbocycles. The van der Waals surface area contributed by atoms with E-state index in [0.29, 0.717) is 47.9 Å². The first-order chi connectivity index (χ1) is 18.7. The molecule has 1 amide bonds. The van der Waals surface area contributed by atoms with Crippen molar-refractivity contribution in [2.24, 2.45) is 0 Å². The van der Waals surface area contributed by atoms with Crippen LogP contribution in [0.4, 0.5) is 18.9 Å². The van der Waals surface area contributed by atoms with E-state index >= 15 is 0 Å². The summed E-state index contributed by atoms with van der Waals surface area (Å²) in [6, 6.07) is 17.6. The minimum absolute atomic E-state index is 0.114. The molecule has 0 fully saturated rings. The Morgan fingerprint density at radius 2 is 1.69 bits per heavy atom. The maximum absolute atomic E-state index is 13.0. The van der Waals surface area contributed by atoms with Gasteiger partial charge in [-0.05, 0) is 60.7 Å². The summed E-state index contributed by atoms with van der Waals surface area (Å²) in [5, 5.41) is 9.88. The number of nitrogens with zero attached hydrogens (tertiary/aromatic N) is 2. The van der Waals surface area contributed by atoms with E-state index in [1.54, 1.807) is 35.0 Å². The highest BCUT2D eigenvalue weighted by atomic mass is 19.4. The molecular formula is C28H23F3N2O6. The lowest BCUT2D eigenvalue weighted by atomic mass is 10.1. The Morgan fingerprint density at radius 1 is 0.949 bits per heavy atom. The molecule has 11 heteroatoms. The van der Waals surface area contributed by atoms with Crippen molar-refractivity contribution in [3.8, 4) is 17.2 Å². The average Bonchev–Trinajstić information content (AvgIpc) is 3.44. The van der Waals surface area contributed by atoms with Crippen molar-refractivity contribution in [1.82, 2.24) is 4.57 Å². The van der Waals surface area contributed by atoms with Crippen LogP contribution in [0, 0.1) is 0 Å². The Labute approximate surface area is 220 Å². The van der Waals surface area contributed by atoms with E-state index in [1.807, 2.05) is 18.2 Å². The van der Waals surface area contributed by atoms with Crippen molar-refractivity contribution >= 4 is 28.5 Å². The number of aliphatic carboxylic acids is 1. The van der Waals surface area contributed by atoms with Crippen molar-refractivity contribution < 1.29 is 42.1 Å². The van der Waals surface area contributed by atoms with Gasteiger partial charge in [0.05, 0.1) is 19.8 Å². The second-order valence-electron chi connectivity index (χ2n) is 8.82. The third kappa shape index (κ3) is 5.92. The molecule has 0 atom stereocenters. The molecule has 8 nitrogen and oxygen atoms in total. The maximum Gasteiger partial charge on any atom is 0.573 e. The fourth-order valence-electron chi connectivity index (χ4n) is 4.46. The molecule has 0 saturated heterocycles. The fraction of sp³-hybridized carbons (Fsp3) is 0.214. The Bertz CT molecular complexity index is 1510. The van der Waals surface area contributed by atoms with Gasteiger partial charge in [0.15, 0.2) is 0 Å². The normalized spacial score (nSPS) is 13.0. The van der Waals surface area contributed by atoms with Gasteiger partial charge in [0.1, 0.15) is 23.8 Å². The van der Waals surface area contributed by atoms with E-state index in [2.05, 4.69) is 4.74 Å². The van der Waals surface area contributed by atoms with E-state index in [4.69, 9.17) is 14.6 Å². The monoisotopic (exact) mass is 540 g/mol. The van der Waals surface area contributed by atoms with Gasteiger partial charge in [0, 0.05) is 40.3 Å². The van der Waals surface area contributed by atoms with E-state index in [1.165, 1.54) is 29.2 Å². The van der Waals surface area contributed by atoms with Gasteiger partial charge in [-0.3, -0.25) is 9.59 Å². The highest BCUT2D eigenvalue weighted by molar-refractivity contribution is 6.10. The molecule has 1 aliphatic heterocycles. The number of halogens is 3. The number of hydrogen-bond donors (Lipinski definition) is 1. The third-order valence-corrected chi connectivity index (χ3v) is 6.17. The largest absolute Gasteiger partial charge is 0.573 e. The van der Waals surface area contributed by atoms with E-state index in [9.17, 15) is 22.8 Å². The molecule has 1 aromatic heterocycles. The summed E-state index contributed by atoms with van der Waals surface area (Å²) in [5.74, 6) is -0.331. The van der Waals surface area contributed by atoms with Crippen LogP contribution >= 0.6 is 0 Å². The van der Waals surface area contributed by atoms with Gasteiger partial charge < -0.3 is 28.8 Å². The van der Waals surface area contributed by atoms with Crippen LogP contribution < -0.4 is 19.1 Å². The molecule has 39 heavy (non-hydrogen) atoms. The first-order valence-electron chi connectivity index (χ1n) is 12.0. The zero-order chi connectivity index (χ0) is 27.6. The summed E-state index contributed by atoms with van der Waals surface area (Å²) in [5.41, 5.74) is 2.43. The van der Waals surface area contributed by atoms with Crippen LogP contribution in [0.3, 0.4) is 0 Å². The van der Waals surface area contributed by atoms with E-state index < -0.39 is 12.3 Å². The molecule has 3 aromatic carbocycles. The number of anilines is 1. The summed E-state index contributed by atoms with van der Waals surface area (Å²) in [6.07, 6.45) is -2.50. The molecule has 0 unspecified atom stereocenters. The third-order valence-electron chi connectivity index (χ3n) is 6.17. The minimum Gasteiger partial charge on any atom is -0.493 e. The molecule has 0 spiro atoms. The van der Waals surface area contributed by atoms with Crippen LogP contribution in [0.2, 0.25) is 0 Å². The molecule has 4 aromatic rings. The number of carboxylic acid groups (broad SMARTS) is 1. The lowest BCUT2D eigenvalue weighted by molar-refractivity contribution is -0.274. The lowest BCUT2D eigenvalue weighted by Crippen LogP contribution is -2.23. The van der Waals surface area contributed by atoms with Gasteiger partial charge in [-0.2, -0.15) is 0 Å². The first-order valence-corrected chi connectivity index (χ1v) is 12.0. The van der Waals surface area contributed by atoms with Crippen molar-refractivity contribution in [3.05, 3.63) is 84.1 Å². The van der Waals surface area contributed by atoms with Crippen molar-refractivity contribution in [3.63, 3.8) is 0 Å². The molecule has 2 heterocycles. The predicted molar refractivity (Wildman–Crippen MR) is 135 cm³/mol. The fourth-order valence-corrected chi connectivity index (χ4v) is 4.46. The Balaban J connectivity index is 1.15. The highest BCUT2D eigenvalue weighted by Gasteiger charge is 2.33. The second-order valence-corrected chi connectivity index (χ2v) is 8.82. The van der Waals surface area contributed by atoms with Crippen LogP contribution in [0.25, 0.3) is 10.9 Å². The Hall–Kier alpha value is -4.67. The van der Waals surface area contributed by atoms with Crippen LogP contribution in [-0.2, 0) is 17.9 Å². The van der Waals surface area contributed by atoms with Crippen LogP contribution in [-0.4, -0.2) is 41.1 Å². The number of ether oxygens (including phenoxy) is 3. The summed E-state index contributed by atoms with van der Waals surface area (Å²) >= 11 is 0. The Kier molecular flexibility index (Phi) is 7.05. The van der Waals surface area contributed by atoms with Gasteiger partial charge >= 0.3 is 12.3 Å². The quantitative estimate of drug-likeness (QED) is 0.262. The number of amides is 1. The standard InChI is InChI=1S/C28H23F3N2O6/c29-28(30,31)39-20-7-5-19(6-8-20)33-16-23-22(27(33)36)3-1-4-25(23)38-14-2-13-37-21-9-10-24-18(15-21)11-12-32(24)17-26(34)35/h1,3-12,15H,2,13-14,16-17H2,(H,34,35). The van der Waals surface area contributed by atoms with Crippen molar-refractivity contribution in [1.29, 1.82) is 0 Å². The number of carboxylic acids is 1. The first kappa shape index (κ1) is 26.0. The zero-order valence-electron chi connectivity index (χ0n) is 20.5. The van der Waals surface area contributed by atoms with Gasteiger partial charge in [-0.25, -0.2) is 0 Å². The molecule has 0 aliphatic carbocycles. The van der Waals surface area contributed by atoms with Crippen LogP contribution in [0.1, 0.15) is 22.3 Å². The predicted octanol–water partition coefficient (Wildman–Crippen LogP) is 5.63. The number of carbonyl (C=O) groups excluding carboxylic acids is 1. The summed E-state index contributed by atoms with van der Waals surface area (Å²) in [4.78, 5) is 25.4. The molecular weight excluding hydrogens is 517 g/mol. The number of benzene rings is 3.